The summed E-state index contributed by atoms with van der Waals surface area (Å²) in [5, 5.41) is 5.19. The number of amides is 2. The highest BCUT2D eigenvalue weighted by Gasteiger charge is 2.07. The van der Waals surface area contributed by atoms with Crippen LogP contribution in [0, 0.1) is 12.7 Å². The average molecular weight is 300 g/mol. The van der Waals surface area contributed by atoms with Crippen LogP contribution in [0.1, 0.15) is 11.1 Å². The quantitative estimate of drug-likeness (QED) is 0.891. The zero-order chi connectivity index (χ0) is 15.9. The Morgan fingerprint density at radius 2 is 1.77 bits per heavy atom. The third-order valence-corrected chi connectivity index (χ3v) is 3.04. The van der Waals surface area contributed by atoms with Gasteiger partial charge in [-0.15, -0.1) is 0 Å². The number of rotatable bonds is 5. The van der Waals surface area contributed by atoms with Crippen LogP contribution in [-0.2, 0) is 16.0 Å². The Bertz CT molecular complexity index is 669. The van der Waals surface area contributed by atoms with Crippen LogP contribution >= 0.6 is 0 Å². The van der Waals surface area contributed by atoms with Gasteiger partial charge in [-0.25, -0.2) is 4.39 Å². The van der Waals surface area contributed by atoms with Gasteiger partial charge < -0.3 is 10.6 Å². The van der Waals surface area contributed by atoms with E-state index in [1.54, 1.807) is 24.3 Å². The monoisotopic (exact) mass is 300 g/mol. The number of benzene rings is 2. The summed E-state index contributed by atoms with van der Waals surface area (Å²) in [5.74, 6) is -1.02. The molecule has 114 valence electrons. The fourth-order valence-electron chi connectivity index (χ4n) is 1.92. The molecule has 2 rings (SSSR count). The first kappa shape index (κ1) is 15.7. The van der Waals surface area contributed by atoms with Gasteiger partial charge in [-0.05, 0) is 36.8 Å². The van der Waals surface area contributed by atoms with Crippen molar-refractivity contribution in [3.8, 4) is 0 Å². The molecule has 0 aromatic heterocycles. The van der Waals surface area contributed by atoms with E-state index in [2.05, 4.69) is 10.6 Å². The Kier molecular flexibility index (Phi) is 5.25. The number of anilines is 1. The zero-order valence-corrected chi connectivity index (χ0v) is 12.2. The Hall–Kier alpha value is -2.69. The molecule has 5 heteroatoms. The first-order valence-corrected chi connectivity index (χ1v) is 6.90. The molecule has 2 aromatic rings. The number of hydrogen-bond donors (Lipinski definition) is 2. The maximum Gasteiger partial charge on any atom is 0.243 e. The molecule has 2 aromatic carbocycles. The Balaban J connectivity index is 1.78. The third kappa shape index (κ3) is 5.01. The molecule has 0 unspecified atom stereocenters. The molecule has 4 nitrogen and oxygen atoms in total. The van der Waals surface area contributed by atoms with Crippen molar-refractivity contribution in [2.24, 2.45) is 0 Å². The molecule has 2 N–H and O–H groups in total. The van der Waals surface area contributed by atoms with Crippen molar-refractivity contribution in [2.75, 3.05) is 11.9 Å². The molecule has 0 atom stereocenters. The van der Waals surface area contributed by atoms with Gasteiger partial charge in [0.25, 0.3) is 0 Å². The van der Waals surface area contributed by atoms with E-state index in [9.17, 15) is 14.0 Å². The van der Waals surface area contributed by atoms with Crippen LogP contribution in [0.4, 0.5) is 10.1 Å². The Labute approximate surface area is 128 Å². The van der Waals surface area contributed by atoms with Crippen LogP contribution in [0.2, 0.25) is 0 Å². The molecule has 0 spiro atoms. The van der Waals surface area contributed by atoms with Gasteiger partial charge in [0.1, 0.15) is 5.82 Å². The smallest absolute Gasteiger partial charge is 0.243 e. The lowest BCUT2D eigenvalue weighted by atomic mass is 10.1. The van der Waals surface area contributed by atoms with Crippen molar-refractivity contribution in [2.45, 2.75) is 13.3 Å². The van der Waals surface area contributed by atoms with E-state index in [4.69, 9.17) is 0 Å². The molecule has 0 aliphatic heterocycles. The summed E-state index contributed by atoms with van der Waals surface area (Å²) in [7, 11) is 0. The van der Waals surface area contributed by atoms with E-state index in [0.717, 1.165) is 5.56 Å². The summed E-state index contributed by atoms with van der Waals surface area (Å²) in [4.78, 5) is 23.4. The number of hydrogen-bond acceptors (Lipinski definition) is 2. The SMILES string of the molecule is Cc1ccc(NC(=O)CNC(=O)Cc2cccc(F)c2)cc1. The van der Waals surface area contributed by atoms with Crippen LogP contribution in [0.5, 0.6) is 0 Å². The minimum Gasteiger partial charge on any atom is -0.347 e. The van der Waals surface area contributed by atoms with E-state index >= 15 is 0 Å². The number of halogens is 1. The highest BCUT2D eigenvalue weighted by molar-refractivity contribution is 5.94. The number of carbonyl (C=O) groups is 2. The van der Waals surface area contributed by atoms with Crippen molar-refractivity contribution < 1.29 is 14.0 Å². The van der Waals surface area contributed by atoms with Crippen molar-refractivity contribution in [1.82, 2.24) is 5.32 Å². The van der Waals surface area contributed by atoms with E-state index < -0.39 is 0 Å². The van der Waals surface area contributed by atoms with Crippen molar-refractivity contribution in [3.63, 3.8) is 0 Å². The van der Waals surface area contributed by atoms with E-state index in [1.165, 1.54) is 12.1 Å². The fraction of sp³-hybridized carbons (Fsp3) is 0.176. The van der Waals surface area contributed by atoms with Gasteiger partial charge in [0, 0.05) is 5.69 Å². The molecule has 2 amide bonds. The van der Waals surface area contributed by atoms with Crippen LogP contribution in [0.3, 0.4) is 0 Å². The minimum absolute atomic E-state index is 0.0373. The van der Waals surface area contributed by atoms with Crippen LogP contribution < -0.4 is 10.6 Å². The predicted molar refractivity (Wildman–Crippen MR) is 82.9 cm³/mol. The first-order valence-electron chi connectivity index (χ1n) is 6.90. The normalized spacial score (nSPS) is 10.1. The third-order valence-electron chi connectivity index (χ3n) is 3.04. The summed E-state index contributed by atoms with van der Waals surface area (Å²) in [6, 6.07) is 13.2. The minimum atomic E-state index is -0.387. The summed E-state index contributed by atoms with van der Waals surface area (Å²) in [5.41, 5.74) is 2.34. The Morgan fingerprint density at radius 3 is 2.45 bits per heavy atom. The van der Waals surface area contributed by atoms with Crippen LogP contribution in [0.25, 0.3) is 0 Å². The lowest BCUT2D eigenvalue weighted by Crippen LogP contribution is -2.33. The standard InChI is InChI=1S/C17H17FN2O2/c1-12-5-7-15(8-6-12)20-17(22)11-19-16(21)10-13-3-2-4-14(18)9-13/h2-9H,10-11H2,1H3,(H,19,21)(H,20,22). The number of aryl methyl sites for hydroxylation is 1. The molecule has 0 heterocycles. The second-order valence-corrected chi connectivity index (χ2v) is 5.00. The van der Waals surface area contributed by atoms with Gasteiger partial charge in [0.2, 0.25) is 11.8 Å². The van der Waals surface area contributed by atoms with Gasteiger partial charge in [0.05, 0.1) is 13.0 Å². The molecule has 0 radical (unpaired) electrons. The Morgan fingerprint density at radius 1 is 1.05 bits per heavy atom. The highest BCUT2D eigenvalue weighted by Crippen LogP contribution is 2.08. The molecular formula is C17H17FN2O2. The predicted octanol–water partition coefficient (Wildman–Crippen LogP) is 2.43. The van der Waals surface area contributed by atoms with Gasteiger partial charge in [-0.2, -0.15) is 0 Å². The average Bonchev–Trinajstić information content (AvgIpc) is 2.48. The highest BCUT2D eigenvalue weighted by atomic mass is 19.1. The number of carbonyl (C=O) groups excluding carboxylic acids is 2. The molecule has 0 aliphatic rings. The maximum absolute atomic E-state index is 13.0. The van der Waals surface area contributed by atoms with E-state index in [-0.39, 0.29) is 30.6 Å². The molecule has 0 bridgehead atoms. The van der Waals surface area contributed by atoms with Crippen LogP contribution in [0.15, 0.2) is 48.5 Å². The lowest BCUT2D eigenvalue weighted by Gasteiger charge is -2.07. The second-order valence-electron chi connectivity index (χ2n) is 5.00. The van der Waals surface area contributed by atoms with Crippen molar-refractivity contribution >= 4 is 17.5 Å². The molecule has 0 saturated heterocycles. The fourth-order valence-corrected chi connectivity index (χ4v) is 1.92. The summed E-state index contributed by atoms with van der Waals surface area (Å²) in [6.45, 7) is 1.83. The van der Waals surface area contributed by atoms with Gasteiger partial charge in [-0.3, -0.25) is 9.59 Å². The summed E-state index contributed by atoms with van der Waals surface area (Å²) in [6.07, 6.45) is 0.0373. The number of nitrogens with one attached hydrogen (secondary N) is 2. The molecule has 0 fully saturated rings. The van der Waals surface area contributed by atoms with Crippen molar-refractivity contribution in [1.29, 1.82) is 0 Å². The van der Waals surface area contributed by atoms with Gasteiger partial charge in [0.15, 0.2) is 0 Å². The molecular weight excluding hydrogens is 283 g/mol. The summed E-state index contributed by atoms with van der Waals surface area (Å²) >= 11 is 0. The van der Waals surface area contributed by atoms with Gasteiger partial charge >= 0.3 is 0 Å². The topological polar surface area (TPSA) is 58.2 Å². The van der Waals surface area contributed by atoms with Crippen molar-refractivity contribution in [3.05, 3.63) is 65.5 Å². The van der Waals surface area contributed by atoms with E-state index in [0.29, 0.717) is 11.3 Å². The largest absolute Gasteiger partial charge is 0.347 e. The first-order chi connectivity index (χ1) is 10.5. The lowest BCUT2D eigenvalue weighted by molar-refractivity contribution is -0.123. The second kappa shape index (κ2) is 7.36. The summed E-state index contributed by atoms with van der Waals surface area (Å²) < 4.78 is 13.0. The van der Waals surface area contributed by atoms with Crippen LogP contribution in [-0.4, -0.2) is 18.4 Å². The van der Waals surface area contributed by atoms with E-state index in [1.807, 2.05) is 19.1 Å². The zero-order valence-electron chi connectivity index (χ0n) is 12.2. The molecule has 22 heavy (non-hydrogen) atoms. The molecule has 0 saturated carbocycles. The maximum atomic E-state index is 13.0. The van der Waals surface area contributed by atoms with Gasteiger partial charge in [-0.1, -0.05) is 29.8 Å². The molecule has 0 aliphatic carbocycles.